The molecular weight excluding hydrogens is 126 g/mol. The first-order valence-electron chi connectivity index (χ1n) is 3.30. The van der Waals surface area contributed by atoms with Crippen molar-refractivity contribution in [3.63, 3.8) is 0 Å². The van der Waals surface area contributed by atoms with E-state index >= 15 is 0 Å². The summed E-state index contributed by atoms with van der Waals surface area (Å²) < 4.78 is 0. The summed E-state index contributed by atoms with van der Waals surface area (Å²) in [5.74, 6) is 0. The molecule has 0 spiro atoms. The molecule has 10 heavy (non-hydrogen) atoms. The van der Waals surface area contributed by atoms with Crippen molar-refractivity contribution >= 4 is 0 Å². The van der Waals surface area contributed by atoms with Gasteiger partial charge in [0, 0.05) is 0 Å². The molecular formula is C7H9N3. The van der Waals surface area contributed by atoms with Crippen molar-refractivity contribution < 1.29 is 0 Å². The summed E-state index contributed by atoms with van der Waals surface area (Å²) in [6, 6.07) is 4.23. The Hall–Kier alpha value is -1.06. The highest BCUT2D eigenvalue weighted by Gasteiger charge is 2.29. The summed E-state index contributed by atoms with van der Waals surface area (Å²) in [6.07, 6.45) is 1.68. The van der Waals surface area contributed by atoms with E-state index in [0.29, 0.717) is 0 Å². The Morgan fingerprint density at radius 3 is 1.80 bits per heavy atom. The lowest BCUT2D eigenvalue weighted by molar-refractivity contribution is 0.318. The van der Waals surface area contributed by atoms with Gasteiger partial charge in [-0.15, -0.1) is 0 Å². The molecule has 0 aromatic carbocycles. The van der Waals surface area contributed by atoms with Crippen LogP contribution in [-0.4, -0.2) is 24.0 Å². The lowest BCUT2D eigenvalue weighted by Crippen LogP contribution is -2.29. The van der Waals surface area contributed by atoms with Crippen LogP contribution in [0, 0.1) is 22.7 Å². The molecule has 1 heterocycles. The molecule has 1 rings (SSSR count). The number of nitrogens with zero attached hydrogens (tertiary/aromatic N) is 3. The van der Waals surface area contributed by atoms with E-state index in [9.17, 15) is 0 Å². The summed E-state index contributed by atoms with van der Waals surface area (Å²) in [4.78, 5) is 1.83. The molecule has 1 fully saturated rings. The van der Waals surface area contributed by atoms with E-state index in [1.165, 1.54) is 0 Å². The molecule has 1 aliphatic heterocycles. The Morgan fingerprint density at radius 2 is 1.60 bits per heavy atom. The molecule has 2 atom stereocenters. The molecule has 2 unspecified atom stereocenters. The molecule has 0 saturated carbocycles. The first kappa shape index (κ1) is 7.05. The Bertz CT molecular complexity index is 176. The van der Waals surface area contributed by atoms with Gasteiger partial charge in [0.2, 0.25) is 0 Å². The van der Waals surface area contributed by atoms with Gasteiger partial charge in [-0.3, -0.25) is 4.90 Å². The Kier molecular flexibility index (Phi) is 1.89. The average Bonchev–Trinajstić information content (AvgIpc) is 2.30. The van der Waals surface area contributed by atoms with E-state index < -0.39 is 0 Å². The highest BCUT2D eigenvalue weighted by molar-refractivity contribution is 5.05. The van der Waals surface area contributed by atoms with Crippen LogP contribution in [0.5, 0.6) is 0 Å². The Morgan fingerprint density at radius 1 is 1.20 bits per heavy atom. The summed E-state index contributed by atoms with van der Waals surface area (Å²) >= 11 is 0. The average molecular weight is 135 g/mol. The van der Waals surface area contributed by atoms with Crippen molar-refractivity contribution in [2.75, 3.05) is 7.05 Å². The quantitative estimate of drug-likeness (QED) is 0.486. The second kappa shape index (κ2) is 2.68. The van der Waals surface area contributed by atoms with Crippen molar-refractivity contribution in [2.45, 2.75) is 24.9 Å². The third-order valence-corrected chi connectivity index (χ3v) is 1.99. The Labute approximate surface area is 60.5 Å². The van der Waals surface area contributed by atoms with Gasteiger partial charge in [0.25, 0.3) is 0 Å². The van der Waals surface area contributed by atoms with Crippen LogP contribution in [0.2, 0.25) is 0 Å². The summed E-state index contributed by atoms with van der Waals surface area (Å²) in [5, 5.41) is 17.1. The zero-order valence-electron chi connectivity index (χ0n) is 5.91. The van der Waals surface area contributed by atoms with E-state index in [4.69, 9.17) is 10.5 Å². The molecule has 0 aromatic heterocycles. The van der Waals surface area contributed by atoms with Gasteiger partial charge >= 0.3 is 0 Å². The second-order valence-corrected chi connectivity index (χ2v) is 2.53. The van der Waals surface area contributed by atoms with Gasteiger partial charge in [-0.1, -0.05) is 0 Å². The summed E-state index contributed by atoms with van der Waals surface area (Å²) in [5.41, 5.74) is 0. The van der Waals surface area contributed by atoms with Crippen LogP contribution >= 0.6 is 0 Å². The maximum Gasteiger partial charge on any atom is 0.0986 e. The van der Waals surface area contributed by atoms with E-state index in [1.54, 1.807) is 0 Å². The third-order valence-electron chi connectivity index (χ3n) is 1.99. The molecule has 1 saturated heterocycles. The van der Waals surface area contributed by atoms with Crippen LogP contribution in [0.3, 0.4) is 0 Å². The smallest absolute Gasteiger partial charge is 0.0986 e. The maximum atomic E-state index is 8.55. The van der Waals surface area contributed by atoms with Crippen LogP contribution in [0.25, 0.3) is 0 Å². The van der Waals surface area contributed by atoms with Crippen molar-refractivity contribution in [2.24, 2.45) is 0 Å². The fraction of sp³-hybridized carbons (Fsp3) is 0.714. The number of hydrogen-bond acceptors (Lipinski definition) is 3. The van der Waals surface area contributed by atoms with Crippen molar-refractivity contribution in [1.29, 1.82) is 10.5 Å². The number of likely N-dealkylation sites (tertiary alicyclic amines) is 1. The minimum absolute atomic E-state index is 0.0374. The molecule has 0 bridgehead atoms. The summed E-state index contributed by atoms with van der Waals surface area (Å²) in [6.45, 7) is 0. The predicted octanol–water partition coefficient (Wildman–Crippen LogP) is 0.496. The van der Waals surface area contributed by atoms with Gasteiger partial charge < -0.3 is 0 Å². The molecule has 0 radical (unpaired) electrons. The van der Waals surface area contributed by atoms with Crippen LogP contribution in [0.1, 0.15) is 12.8 Å². The van der Waals surface area contributed by atoms with E-state index in [1.807, 2.05) is 11.9 Å². The zero-order chi connectivity index (χ0) is 7.56. The van der Waals surface area contributed by atoms with Crippen molar-refractivity contribution in [3.8, 4) is 12.1 Å². The first-order chi connectivity index (χ1) is 4.79. The van der Waals surface area contributed by atoms with E-state index in [-0.39, 0.29) is 12.1 Å². The minimum Gasteiger partial charge on any atom is -0.275 e. The third kappa shape index (κ3) is 0.964. The van der Waals surface area contributed by atoms with Gasteiger partial charge in [-0.25, -0.2) is 0 Å². The highest BCUT2D eigenvalue weighted by Crippen LogP contribution is 2.20. The Balaban J connectivity index is 2.62. The van der Waals surface area contributed by atoms with Crippen molar-refractivity contribution in [1.82, 2.24) is 4.90 Å². The van der Waals surface area contributed by atoms with E-state index in [0.717, 1.165) is 12.8 Å². The molecule has 0 aromatic rings. The fourth-order valence-corrected chi connectivity index (χ4v) is 1.25. The number of rotatable bonds is 0. The lowest BCUT2D eigenvalue weighted by atomic mass is 10.2. The van der Waals surface area contributed by atoms with Gasteiger partial charge in [-0.05, 0) is 19.9 Å². The monoisotopic (exact) mass is 135 g/mol. The number of nitriles is 2. The number of hydrogen-bond donors (Lipinski definition) is 0. The van der Waals surface area contributed by atoms with Gasteiger partial charge in [0.1, 0.15) is 0 Å². The SMILES string of the molecule is CN1C(C#N)CCC1C#N. The normalized spacial score (nSPS) is 33.1. The highest BCUT2D eigenvalue weighted by atomic mass is 15.2. The van der Waals surface area contributed by atoms with E-state index in [2.05, 4.69) is 12.1 Å². The molecule has 3 nitrogen and oxygen atoms in total. The maximum absolute atomic E-state index is 8.55. The minimum atomic E-state index is -0.0374. The van der Waals surface area contributed by atoms with Crippen LogP contribution in [-0.2, 0) is 0 Å². The van der Waals surface area contributed by atoms with Gasteiger partial charge in [-0.2, -0.15) is 10.5 Å². The topological polar surface area (TPSA) is 50.8 Å². The van der Waals surface area contributed by atoms with Crippen LogP contribution in [0.4, 0.5) is 0 Å². The predicted molar refractivity (Wildman–Crippen MR) is 35.8 cm³/mol. The molecule has 52 valence electrons. The molecule has 1 aliphatic rings. The molecule has 0 aliphatic carbocycles. The first-order valence-corrected chi connectivity index (χ1v) is 3.30. The molecule has 0 amide bonds. The van der Waals surface area contributed by atoms with Crippen LogP contribution < -0.4 is 0 Å². The van der Waals surface area contributed by atoms with Gasteiger partial charge in [0.15, 0.2) is 0 Å². The summed E-state index contributed by atoms with van der Waals surface area (Å²) in [7, 11) is 1.83. The molecule has 3 heteroatoms. The van der Waals surface area contributed by atoms with Crippen LogP contribution in [0.15, 0.2) is 0 Å². The standard InChI is InChI=1S/C7H9N3/c1-10-6(4-8)2-3-7(10)5-9/h6-7H,2-3H2,1H3. The fourth-order valence-electron chi connectivity index (χ4n) is 1.25. The lowest BCUT2D eigenvalue weighted by Gasteiger charge is -2.14. The molecule has 0 N–H and O–H groups in total. The van der Waals surface area contributed by atoms with Gasteiger partial charge in [0.05, 0.1) is 24.2 Å². The largest absolute Gasteiger partial charge is 0.275 e. The zero-order valence-corrected chi connectivity index (χ0v) is 5.91. The second-order valence-electron chi connectivity index (χ2n) is 2.53. The van der Waals surface area contributed by atoms with Crippen molar-refractivity contribution in [3.05, 3.63) is 0 Å².